The Bertz CT molecular complexity index is 571. The number of ether oxygens (including phenoxy) is 2. The summed E-state index contributed by atoms with van der Waals surface area (Å²) in [6.45, 7) is 0.133. The van der Waals surface area contributed by atoms with E-state index < -0.39 is 5.97 Å². The lowest BCUT2D eigenvalue weighted by molar-refractivity contribution is -0.137. The topological polar surface area (TPSA) is 77.0 Å². The molecule has 0 aliphatic carbocycles. The monoisotopic (exact) mass is 340 g/mol. The first-order valence-electron chi connectivity index (χ1n) is 5.95. The number of hydrogen-bond acceptors (Lipinski definition) is 5. The second kappa shape index (κ2) is 6.51. The smallest absolute Gasteiger partial charge is 0.354 e. The van der Waals surface area contributed by atoms with E-state index in [0.717, 1.165) is 10.0 Å². The molecule has 1 N–H and O–H groups in total. The number of rotatable bonds is 4. The molecule has 1 amide bonds. The third-order valence-electron chi connectivity index (χ3n) is 2.73. The van der Waals surface area contributed by atoms with Gasteiger partial charge in [0.15, 0.2) is 0 Å². The standard InChI is InChI=1S/C13H13BrN2O4/c1-19-11-4-2-8(6-9(11)14)7-20-13(18)10-3-5-12(17)16-15-10/h2,4,6H,3,5,7H2,1H3,(H,16,17). The van der Waals surface area contributed by atoms with Gasteiger partial charge in [-0.05, 0) is 33.6 Å². The number of carbonyl (C=O) groups is 2. The molecule has 0 radical (unpaired) electrons. The van der Waals surface area contributed by atoms with Crippen molar-refractivity contribution in [2.45, 2.75) is 19.4 Å². The van der Waals surface area contributed by atoms with Gasteiger partial charge in [0.25, 0.3) is 0 Å². The van der Waals surface area contributed by atoms with Crippen molar-refractivity contribution in [1.29, 1.82) is 0 Å². The Morgan fingerprint density at radius 2 is 2.25 bits per heavy atom. The number of hydrogen-bond donors (Lipinski definition) is 1. The number of methoxy groups -OCH3 is 1. The molecule has 106 valence electrons. The van der Waals surface area contributed by atoms with Gasteiger partial charge in [0.05, 0.1) is 11.6 Å². The lowest BCUT2D eigenvalue weighted by atomic mass is 10.2. The molecule has 6 nitrogen and oxygen atoms in total. The van der Waals surface area contributed by atoms with E-state index >= 15 is 0 Å². The maximum absolute atomic E-state index is 11.7. The van der Waals surface area contributed by atoms with Crippen LogP contribution in [0.15, 0.2) is 27.8 Å². The molecule has 1 heterocycles. The summed E-state index contributed by atoms with van der Waals surface area (Å²) in [5.41, 5.74) is 3.32. The molecule has 0 spiro atoms. The van der Waals surface area contributed by atoms with Crippen LogP contribution in [0.3, 0.4) is 0 Å². The van der Waals surface area contributed by atoms with Crippen molar-refractivity contribution in [1.82, 2.24) is 5.43 Å². The summed E-state index contributed by atoms with van der Waals surface area (Å²) in [6, 6.07) is 5.41. The third-order valence-corrected chi connectivity index (χ3v) is 3.35. The Morgan fingerprint density at radius 1 is 1.45 bits per heavy atom. The molecule has 20 heavy (non-hydrogen) atoms. The van der Waals surface area contributed by atoms with Crippen molar-refractivity contribution >= 4 is 33.5 Å². The lowest BCUT2D eigenvalue weighted by Crippen LogP contribution is -2.30. The zero-order chi connectivity index (χ0) is 14.5. The van der Waals surface area contributed by atoms with Gasteiger partial charge in [0.1, 0.15) is 18.1 Å². The molecule has 0 fully saturated rings. The van der Waals surface area contributed by atoms with E-state index in [4.69, 9.17) is 9.47 Å². The van der Waals surface area contributed by atoms with Crippen LogP contribution >= 0.6 is 15.9 Å². The van der Waals surface area contributed by atoms with Crippen LogP contribution in [0.1, 0.15) is 18.4 Å². The quantitative estimate of drug-likeness (QED) is 0.847. The molecule has 0 unspecified atom stereocenters. The van der Waals surface area contributed by atoms with Crippen molar-refractivity contribution < 1.29 is 19.1 Å². The number of amides is 1. The minimum absolute atomic E-state index is 0.133. The number of benzene rings is 1. The molecule has 1 aromatic carbocycles. The number of carbonyl (C=O) groups excluding carboxylic acids is 2. The predicted molar refractivity (Wildman–Crippen MR) is 75.3 cm³/mol. The van der Waals surface area contributed by atoms with Crippen molar-refractivity contribution in [3.05, 3.63) is 28.2 Å². The Labute approximate surface area is 124 Å². The summed E-state index contributed by atoms with van der Waals surface area (Å²) in [5, 5.41) is 3.68. The Hall–Kier alpha value is -1.89. The highest BCUT2D eigenvalue weighted by Crippen LogP contribution is 2.25. The maximum atomic E-state index is 11.7. The lowest BCUT2D eigenvalue weighted by Gasteiger charge is -2.11. The molecule has 0 bridgehead atoms. The van der Waals surface area contributed by atoms with Crippen LogP contribution < -0.4 is 10.2 Å². The fourth-order valence-corrected chi connectivity index (χ4v) is 2.24. The number of hydrazone groups is 1. The van der Waals surface area contributed by atoms with Crippen LogP contribution in [0, 0.1) is 0 Å². The summed E-state index contributed by atoms with van der Waals surface area (Å²) < 4.78 is 11.1. The van der Waals surface area contributed by atoms with Crippen LogP contribution in [-0.2, 0) is 20.9 Å². The first-order valence-corrected chi connectivity index (χ1v) is 6.74. The Balaban J connectivity index is 1.93. The van der Waals surface area contributed by atoms with Gasteiger partial charge in [-0.2, -0.15) is 5.10 Å². The number of esters is 1. The third kappa shape index (κ3) is 3.57. The zero-order valence-electron chi connectivity index (χ0n) is 10.8. The van der Waals surface area contributed by atoms with Crippen LogP contribution in [-0.4, -0.2) is 24.7 Å². The van der Waals surface area contributed by atoms with Crippen LogP contribution in [0.2, 0.25) is 0 Å². The first-order chi connectivity index (χ1) is 9.60. The molecule has 7 heteroatoms. The molecule has 0 atom stereocenters. The first kappa shape index (κ1) is 14.5. The van der Waals surface area contributed by atoms with Gasteiger partial charge in [-0.25, -0.2) is 10.2 Å². The highest BCUT2D eigenvalue weighted by molar-refractivity contribution is 9.10. The maximum Gasteiger partial charge on any atom is 0.354 e. The van der Waals surface area contributed by atoms with E-state index in [9.17, 15) is 9.59 Å². The van der Waals surface area contributed by atoms with Gasteiger partial charge in [-0.3, -0.25) is 4.79 Å². The highest BCUT2D eigenvalue weighted by atomic mass is 79.9. The number of nitrogens with zero attached hydrogens (tertiary/aromatic N) is 1. The summed E-state index contributed by atoms with van der Waals surface area (Å²) in [7, 11) is 1.58. The summed E-state index contributed by atoms with van der Waals surface area (Å²) >= 11 is 3.36. The molecule has 1 aliphatic heterocycles. The molecule has 1 aliphatic rings. The van der Waals surface area contributed by atoms with Gasteiger partial charge >= 0.3 is 5.97 Å². The van der Waals surface area contributed by atoms with Gasteiger partial charge in [0, 0.05) is 12.8 Å². The van der Waals surface area contributed by atoms with E-state index in [1.54, 1.807) is 19.2 Å². The average molecular weight is 341 g/mol. The molecule has 1 aromatic rings. The van der Waals surface area contributed by atoms with Crippen molar-refractivity contribution in [2.24, 2.45) is 5.10 Å². The van der Waals surface area contributed by atoms with Crippen LogP contribution in [0.25, 0.3) is 0 Å². The Kier molecular flexibility index (Phi) is 4.73. The summed E-state index contributed by atoms with van der Waals surface area (Å²) in [5.74, 6) is -0.00276. The fraction of sp³-hybridized carbons (Fsp3) is 0.308. The van der Waals surface area contributed by atoms with E-state index in [-0.39, 0.29) is 24.6 Å². The van der Waals surface area contributed by atoms with Gasteiger partial charge in [0.2, 0.25) is 5.91 Å². The second-order valence-electron chi connectivity index (χ2n) is 4.14. The molecule has 0 saturated carbocycles. The zero-order valence-corrected chi connectivity index (χ0v) is 12.4. The predicted octanol–water partition coefficient (Wildman–Crippen LogP) is 1.77. The van der Waals surface area contributed by atoms with E-state index in [1.807, 2.05) is 6.07 Å². The number of nitrogens with one attached hydrogen (secondary N) is 1. The second-order valence-corrected chi connectivity index (χ2v) is 4.99. The average Bonchev–Trinajstić information content (AvgIpc) is 2.45. The highest BCUT2D eigenvalue weighted by Gasteiger charge is 2.19. The van der Waals surface area contributed by atoms with Crippen molar-refractivity contribution in [3.8, 4) is 5.75 Å². The van der Waals surface area contributed by atoms with E-state index in [0.29, 0.717) is 12.2 Å². The largest absolute Gasteiger partial charge is 0.496 e. The number of halogens is 1. The molecular formula is C13H13BrN2O4. The molecule has 0 aromatic heterocycles. The van der Waals surface area contributed by atoms with Crippen molar-refractivity contribution in [2.75, 3.05) is 7.11 Å². The summed E-state index contributed by atoms with van der Waals surface area (Å²) in [4.78, 5) is 22.7. The summed E-state index contributed by atoms with van der Waals surface area (Å²) in [6.07, 6.45) is 0.555. The normalized spacial score (nSPS) is 14.3. The van der Waals surface area contributed by atoms with Gasteiger partial charge < -0.3 is 9.47 Å². The van der Waals surface area contributed by atoms with Crippen LogP contribution in [0.4, 0.5) is 0 Å². The minimum atomic E-state index is -0.517. The van der Waals surface area contributed by atoms with Gasteiger partial charge in [-0.1, -0.05) is 6.07 Å². The molecule has 0 saturated heterocycles. The van der Waals surface area contributed by atoms with Gasteiger partial charge in [-0.15, -0.1) is 0 Å². The molecular weight excluding hydrogens is 328 g/mol. The minimum Gasteiger partial charge on any atom is -0.496 e. The van der Waals surface area contributed by atoms with E-state index in [1.165, 1.54) is 0 Å². The Morgan fingerprint density at radius 3 is 2.85 bits per heavy atom. The molecule has 2 rings (SSSR count). The van der Waals surface area contributed by atoms with Crippen molar-refractivity contribution in [3.63, 3.8) is 0 Å². The van der Waals surface area contributed by atoms with E-state index in [2.05, 4.69) is 26.5 Å². The van der Waals surface area contributed by atoms with Crippen LogP contribution in [0.5, 0.6) is 5.75 Å². The fourth-order valence-electron chi connectivity index (χ4n) is 1.65. The SMILES string of the molecule is COc1ccc(COC(=O)C2=NNC(=O)CC2)cc1Br.